The van der Waals surface area contributed by atoms with Gasteiger partial charge in [0.15, 0.2) is 5.82 Å². The molecule has 5 nitrogen and oxygen atoms in total. The fourth-order valence-electron chi connectivity index (χ4n) is 3.49. The predicted octanol–water partition coefficient (Wildman–Crippen LogP) is 3.04. The van der Waals surface area contributed by atoms with E-state index in [0.717, 1.165) is 17.9 Å². The zero-order valence-corrected chi connectivity index (χ0v) is 17.1. The van der Waals surface area contributed by atoms with Crippen molar-refractivity contribution < 1.29 is 4.79 Å². The van der Waals surface area contributed by atoms with E-state index in [1.807, 2.05) is 11.0 Å². The van der Waals surface area contributed by atoms with Crippen LogP contribution >= 0.6 is 0 Å². The maximum absolute atomic E-state index is 12.8. The number of hydrogen-bond acceptors (Lipinski definition) is 4. The minimum absolute atomic E-state index is 0.121. The molecule has 1 atom stereocenters. The molecule has 1 aromatic heterocycles. The molecule has 0 bridgehead atoms. The number of aromatic nitrogens is 2. The highest BCUT2D eigenvalue weighted by atomic mass is 16.2. The summed E-state index contributed by atoms with van der Waals surface area (Å²) in [5, 5.41) is 8.25. The standard InChI is InChI=1S/C23H28N4O/c1-6-20-11-12-21(25-24-20)27-14-13-26(16-17(27)2)22(28)15-18-7-9-19(10-8-18)23(3,4)5/h1,7-12,17H,13-16H2,2-5H3. The van der Waals surface area contributed by atoms with Crippen LogP contribution in [0.1, 0.15) is 44.5 Å². The van der Waals surface area contributed by atoms with Gasteiger partial charge in [-0.05, 0) is 41.5 Å². The molecule has 1 aromatic carbocycles. The molecule has 3 rings (SSSR count). The number of benzene rings is 1. The Bertz CT molecular complexity index is 859. The van der Waals surface area contributed by atoms with Gasteiger partial charge in [-0.15, -0.1) is 16.6 Å². The first-order valence-corrected chi connectivity index (χ1v) is 9.72. The molecule has 2 heterocycles. The van der Waals surface area contributed by atoms with Crippen LogP contribution in [0.4, 0.5) is 5.82 Å². The summed E-state index contributed by atoms with van der Waals surface area (Å²) in [5.41, 5.74) is 2.99. The first kappa shape index (κ1) is 19.9. The van der Waals surface area contributed by atoms with Gasteiger partial charge < -0.3 is 9.80 Å². The van der Waals surface area contributed by atoms with Gasteiger partial charge in [0.1, 0.15) is 5.69 Å². The first-order chi connectivity index (χ1) is 13.3. The maximum atomic E-state index is 12.8. The van der Waals surface area contributed by atoms with Crippen LogP contribution in [-0.4, -0.2) is 46.7 Å². The van der Waals surface area contributed by atoms with Crippen LogP contribution in [0, 0.1) is 12.3 Å². The van der Waals surface area contributed by atoms with Gasteiger partial charge in [0.05, 0.1) is 6.42 Å². The fraction of sp³-hybridized carbons (Fsp3) is 0.435. The van der Waals surface area contributed by atoms with E-state index < -0.39 is 0 Å². The fourth-order valence-corrected chi connectivity index (χ4v) is 3.49. The third-order valence-corrected chi connectivity index (χ3v) is 5.25. The molecule has 0 saturated carbocycles. The lowest BCUT2D eigenvalue weighted by Gasteiger charge is -2.40. The van der Waals surface area contributed by atoms with Gasteiger partial charge in [-0.2, -0.15) is 0 Å². The van der Waals surface area contributed by atoms with E-state index in [0.29, 0.717) is 25.2 Å². The molecule has 0 spiro atoms. The number of carbonyl (C=O) groups excluding carboxylic acids is 1. The van der Waals surface area contributed by atoms with Crippen LogP contribution in [0.15, 0.2) is 36.4 Å². The van der Waals surface area contributed by atoms with Crippen molar-refractivity contribution in [2.45, 2.75) is 45.6 Å². The van der Waals surface area contributed by atoms with Crippen molar-refractivity contribution in [3.05, 3.63) is 53.2 Å². The summed E-state index contributed by atoms with van der Waals surface area (Å²) in [5.74, 6) is 3.45. The lowest BCUT2D eigenvalue weighted by atomic mass is 9.86. The van der Waals surface area contributed by atoms with Crippen LogP contribution in [0.25, 0.3) is 0 Å². The Labute approximate surface area is 167 Å². The van der Waals surface area contributed by atoms with E-state index in [9.17, 15) is 4.79 Å². The van der Waals surface area contributed by atoms with Crippen LogP contribution in [0.5, 0.6) is 0 Å². The lowest BCUT2D eigenvalue weighted by molar-refractivity contribution is -0.131. The van der Waals surface area contributed by atoms with Crippen molar-refractivity contribution in [1.82, 2.24) is 15.1 Å². The molecule has 1 aliphatic heterocycles. The van der Waals surface area contributed by atoms with Gasteiger partial charge in [0.2, 0.25) is 5.91 Å². The summed E-state index contributed by atoms with van der Waals surface area (Å²) in [6.45, 7) is 10.8. The molecule has 1 unspecified atom stereocenters. The number of nitrogens with zero attached hydrogens (tertiary/aromatic N) is 4. The number of hydrogen-bond donors (Lipinski definition) is 0. The number of carbonyl (C=O) groups is 1. The molecule has 5 heteroatoms. The van der Waals surface area contributed by atoms with Crippen LogP contribution in [-0.2, 0) is 16.6 Å². The molecular formula is C23H28N4O. The van der Waals surface area contributed by atoms with E-state index in [2.05, 4.69) is 73.0 Å². The zero-order chi connectivity index (χ0) is 20.3. The predicted molar refractivity (Wildman–Crippen MR) is 112 cm³/mol. The average molecular weight is 377 g/mol. The van der Waals surface area contributed by atoms with Crippen LogP contribution in [0.2, 0.25) is 0 Å². The Balaban J connectivity index is 1.60. The van der Waals surface area contributed by atoms with Gasteiger partial charge in [-0.3, -0.25) is 4.79 Å². The zero-order valence-electron chi connectivity index (χ0n) is 17.1. The lowest BCUT2D eigenvalue weighted by Crippen LogP contribution is -2.54. The Hall–Kier alpha value is -2.87. The van der Waals surface area contributed by atoms with Crippen molar-refractivity contribution in [3.8, 4) is 12.3 Å². The number of amides is 1. The molecule has 1 saturated heterocycles. The van der Waals surface area contributed by atoms with Crippen LogP contribution in [0.3, 0.4) is 0 Å². The number of piperazine rings is 1. The van der Waals surface area contributed by atoms with Crippen molar-refractivity contribution in [3.63, 3.8) is 0 Å². The van der Waals surface area contributed by atoms with Gasteiger partial charge >= 0.3 is 0 Å². The quantitative estimate of drug-likeness (QED) is 0.773. The topological polar surface area (TPSA) is 49.3 Å². The average Bonchev–Trinajstić information content (AvgIpc) is 2.68. The summed E-state index contributed by atoms with van der Waals surface area (Å²) in [6, 6.07) is 12.3. The summed E-state index contributed by atoms with van der Waals surface area (Å²) in [4.78, 5) is 16.9. The molecule has 1 aliphatic rings. The maximum Gasteiger partial charge on any atom is 0.227 e. The van der Waals surface area contributed by atoms with Crippen molar-refractivity contribution in [2.75, 3.05) is 24.5 Å². The molecule has 0 aliphatic carbocycles. The SMILES string of the molecule is C#Cc1ccc(N2CCN(C(=O)Cc3ccc(C(C)(C)C)cc3)CC2C)nn1. The van der Waals surface area contributed by atoms with Crippen molar-refractivity contribution in [2.24, 2.45) is 0 Å². The highest BCUT2D eigenvalue weighted by Gasteiger charge is 2.27. The molecular weight excluding hydrogens is 348 g/mol. The van der Waals surface area contributed by atoms with Gasteiger partial charge in [-0.25, -0.2) is 0 Å². The number of terminal acetylenes is 1. The third-order valence-electron chi connectivity index (χ3n) is 5.25. The second kappa shape index (κ2) is 8.02. The molecule has 0 N–H and O–H groups in total. The van der Waals surface area contributed by atoms with E-state index in [1.165, 1.54) is 5.56 Å². The molecule has 1 fully saturated rings. The van der Waals surface area contributed by atoms with Crippen molar-refractivity contribution >= 4 is 11.7 Å². The molecule has 2 aromatic rings. The summed E-state index contributed by atoms with van der Waals surface area (Å²) in [7, 11) is 0. The van der Waals surface area contributed by atoms with E-state index in [1.54, 1.807) is 6.07 Å². The minimum atomic E-state index is 0.121. The highest BCUT2D eigenvalue weighted by Crippen LogP contribution is 2.23. The normalized spacial score (nSPS) is 17.3. The molecule has 1 amide bonds. The first-order valence-electron chi connectivity index (χ1n) is 9.72. The molecule has 146 valence electrons. The second-order valence-corrected chi connectivity index (χ2v) is 8.43. The Morgan fingerprint density at radius 3 is 2.39 bits per heavy atom. The second-order valence-electron chi connectivity index (χ2n) is 8.43. The van der Waals surface area contributed by atoms with Gasteiger partial charge in [0.25, 0.3) is 0 Å². The van der Waals surface area contributed by atoms with Crippen molar-refractivity contribution in [1.29, 1.82) is 0 Å². The molecule has 28 heavy (non-hydrogen) atoms. The van der Waals surface area contributed by atoms with E-state index in [4.69, 9.17) is 6.42 Å². The van der Waals surface area contributed by atoms with E-state index >= 15 is 0 Å². The van der Waals surface area contributed by atoms with Gasteiger partial charge in [0, 0.05) is 25.7 Å². The monoisotopic (exact) mass is 376 g/mol. The third kappa shape index (κ3) is 4.51. The Morgan fingerprint density at radius 2 is 1.86 bits per heavy atom. The van der Waals surface area contributed by atoms with Gasteiger partial charge in [-0.1, -0.05) is 45.0 Å². The smallest absolute Gasteiger partial charge is 0.227 e. The largest absolute Gasteiger partial charge is 0.349 e. The Morgan fingerprint density at radius 1 is 1.14 bits per heavy atom. The van der Waals surface area contributed by atoms with Crippen LogP contribution < -0.4 is 4.90 Å². The van der Waals surface area contributed by atoms with E-state index in [-0.39, 0.29) is 17.4 Å². The summed E-state index contributed by atoms with van der Waals surface area (Å²) < 4.78 is 0. The number of anilines is 1. The number of rotatable bonds is 3. The summed E-state index contributed by atoms with van der Waals surface area (Å²) in [6.07, 6.45) is 5.78. The Kier molecular flexibility index (Phi) is 5.69. The molecule has 0 radical (unpaired) electrons. The summed E-state index contributed by atoms with van der Waals surface area (Å²) >= 11 is 0. The minimum Gasteiger partial charge on any atom is -0.349 e. The highest BCUT2D eigenvalue weighted by molar-refractivity contribution is 5.79.